The van der Waals surface area contributed by atoms with Crippen molar-refractivity contribution < 1.29 is 14.5 Å². The van der Waals surface area contributed by atoms with Gasteiger partial charge in [-0.3, -0.25) is 19.7 Å². The van der Waals surface area contributed by atoms with Gasteiger partial charge in [0.2, 0.25) is 5.91 Å². The molecule has 1 aliphatic rings. The highest BCUT2D eigenvalue weighted by atomic mass is 35.5. The molecule has 140 valence electrons. The van der Waals surface area contributed by atoms with Crippen molar-refractivity contribution in [1.82, 2.24) is 4.90 Å². The van der Waals surface area contributed by atoms with Crippen LogP contribution in [0.5, 0.6) is 0 Å². The Morgan fingerprint density at radius 3 is 2.15 bits per heavy atom. The van der Waals surface area contributed by atoms with Crippen LogP contribution in [0.15, 0.2) is 42.5 Å². The van der Waals surface area contributed by atoms with Gasteiger partial charge in [0.25, 0.3) is 11.6 Å². The zero-order valence-electron chi connectivity index (χ0n) is 14.3. The fraction of sp³-hybridized carbons (Fsp3) is 0.222. The quantitative estimate of drug-likeness (QED) is 0.638. The lowest BCUT2D eigenvalue weighted by atomic mass is 10.1. The lowest BCUT2D eigenvalue weighted by Gasteiger charge is -2.35. The van der Waals surface area contributed by atoms with Crippen LogP contribution in [0.3, 0.4) is 0 Å². The van der Waals surface area contributed by atoms with E-state index in [1.165, 1.54) is 18.2 Å². The molecule has 1 aliphatic heterocycles. The zero-order chi connectivity index (χ0) is 19.6. The topological polar surface area (TPSA) is 110 Å². The maximum atomic E-state index is 12.6. The molecule has 2 aromatic carbocycles. The van der Waals surface area contributed by atoms with Crippen molar-refractivity contribution in [1.29, 1.82) is 0 Å². The highest BCUT2D eigenvalue weighted by molar-refractivity contribution is 6.30. The predicted octanol–water partition coefficient (Wildman–Crippen LogP) is 2.31. The standard InChI is InChI=1S/C18H17ClN4O4/c19-14-5-6-15(16(11-14)23(26)27)21-7-9-22(10-8-21)18(25)13-3-1-12(2-4-13)17(20)24/h1-6,11H,7-10H2,(H2,20,24). The molecule has 2 amide bonds. The van der Waals surface area contributed by atoms with Gasteiger partial charge < -0.3 is 15.5 Å². The summed E-state index contributed by atoms with van der Waals surface area (Å²) in [5, 5.41) is 11.6. The molecule has 0 atom stereocenters. The van der Waals surface area contributed by atoms with Crippen LogP contribution in [-0.4, -0.2) is 47.8 Å². The van der Waals surface area contributed by atoms with Crippen LogP contribution in [0.1, 0.15) is 20.7 Å². The third kappa shape index (κ3) is 4.01. The summed E-state index contributed by atoms with van der Waals surface area (Å²) in [6.45, 7) is 1.79. The summed E-state index contributed by atoms with van der Waals surface area (Å²) in [5.74, 6) is -0.705. The van der Waals surface area contributed by atoms with E-state index in [-0.39, 0.29) is 11.6 Å². The first kappa shape index (κ1) is 18.7. The summed E-state index contributed by atoms with van der Waals surface area (Å²) in [4.78, 5) is 38.1. The molecular formula is C18H17ClN4O4. The van der Waals surface area contributed by atoms with Gasteiger partial charge in [0.15, 0.2) is 0 Å². The smallest absolute Gasteiger partial charge is 0.294 e. The highest BCUT2D eigenvalue weighted by Crippen LogP contribution is 2.31. The molecule has 9 heteroatoms. The number of anilines is 1. The van der Waals surface area contributed by atoms with Crippen molar-refractivity contribution in [2.75, 3.05) is 31.1 Å². The number of carbonyl (C=O) groups excluding carboxylic acids is 2. The van der Waals surface area contributed by atoms with E-state index in [2.05, 4.69) is 0 Å². The van der Waals surface area contributed by atoms with E-state index in [0.717, 1.165) is 0 Å². The van der Waals surface area contributed by atoms with Crippen molar-refractivity contribution in [3.8, 4) is 0 Å². The Bertz CT molecular complexity index is 893. The lowest BCUT2D eigenvalue weighted by molar-refractivity contribution is -0.384. The molecule has 27 heavy (non-hydrogen) atoms. The Labute approximate surface area is 160 Å². The summed E-state index contributed by atoms with van der Waals surface area (Å²) in [5.41, 5.74) is 6.44. The molecule has 2 N–H and O–H groups in total. The summed E-state index contributed by atoms with van der Waals surface area (Å²) in [7, 11) is 0. The van der Waals surface area contributed by atoms with Crippen molar-refractivity contribution in [2.24, 2.45) is 5.73 Å². The fourth-order valence-electron chi connectivity index (χ4n) is 3.02. The molecule has 0 spiro atoms. The summed E-state index contributed by atoms with van der Waals surface area (Å²) < 4.78 is 0. The number of amides is 2. The van der Waals surface area contributed by atoms with E-state index in [0.29, 0.717) is 48.0 Å². The number of nitrogens with two attached hydrogens (primary N) is 1. The third-order valence-corrected chi connectivity index (χ3v) is 4.69. The summed E-state index contributed by atoms with van der Waals surface area (Å²) >= 11 is 5.86. The number of hydrogen-bond donors (Lipinski definition) is 1. The predicted molar refractivity (Wildman–Crippen MR) is 101 cm³/mol. The molecule has 0 unspecified atom stereocenters. The lowest BCUT2D eigenvalue weighted by Crippen LogP contribution is -2.49. The summed E-state index contributed by atoms with van der Waals surface area (Å²) in [6, 6.07) is 10.7. The molecule has 0 bridgehead atoms. The Balaban J connectivity index is 1.69. The minimum atomic E-state index is -0.549. The first-order valence-electron chi connectivity index (χ1n) is 8.25. The van der Waals surface area contributed by atoms with Gasteiger partial charge in [-0.15, -0.1) is 0 Å². The maximum absolute atomic E-state index is 12.6. The second-order valence-electron chi connectivity index (χ2n) is 6.11. The average molecular weight is 389 g/mol. The van der Waals surface area contributed by atoms with E-state index in [4.69, 9.17) is 17.3 Å². The third-order valence-electron chi connectivity index (χ3n) is 4.46. The molecule has 0 radical (unpaired) electrons. The summed E-state index contributed by atoms with van der Waals surface area (Å²) in [6.07, 6.45) is 0. The van der Waals surface area contributed by atoms with Crippen molar-refractivity contribution in [3.63, 3.8) is 0 Å². The molecule has 3 rings (SSSR count). The average Bonchev–Trinajstić information content (AvgIpc) is 2.67. The number of primary amides is 1. The number of halogens is 1. The molecule has 1 fully saturated rings. The number of carbonyl (C=O) groups is 2. The largest absolute Gasteiger partial charge is 0.366 e. The number of piperazine rings is 1. The molecule has 0 saturated carbocycles. The first-order valence-corrected chi connectivity index (χ1v) is 8.62. The van der Waals surface area contributed by atoms with E-state index in [9.17, 15) is 19.7 Å². The van der Waals surface area contributed by atoms with Gasteiger partial charge in [0.1, 0.15) is 5.69 Å². The van der Waals surface area contributed by atoms with Crippen LogP contribution in [0.25, 0.3) is 0 Å². The number of benzene rings is 2. The number of hydrogen-bond acceptors (Lipinski definition) is 5. The van der Waals surface area contributed by atoms with E-state index >= 15 is 0 Å². The van der Waals surface area contributed by atoms with Gasteiger partial charge in [-0.1, -0.05) is 11.6 Å². The number of nitrogens with zero attached hydrogens (tertiary/aromatic N) is 3. The van der Waals surface area contributed by atoms with E-state index < -0.39 is 10.8 Å². The Kier molecular flexibility index (Phi) is 5.27. The Morgan fingerprint density at radius 2 is 1.59 bits per heavy atom. The van der Waals surface area contributed by atoms with Crippen LogP contribution >= 0.6 is 11.6 Å². The minimum absolute atomic E-state index is 0.0516. The highest BCUT2D eigenvalue weighted by Gasteiger charge is 2.26. The van der Waals surface area contributed by atoms with Gasteiger partial charge in [-0.25, -0.2) is 0 Å². The van der Waals surface area contributed by atoms with Gasteiger partial charge in [-0.05, 0) is 36.4 Å². The molecule has 1 heterocycles. The van der Waals surface area contributed by atoms with Crippen molar-refractivity contribution in [3.05, 3.63) is 68.7 Å². The van der Waals surface area contributed by atoms with E-state index in [1.54, 1.807) is 29.2 Å². The SMILES string of the molecule is NC(=O)c1ccc(C(=O)N2CCN(c3ccc(Cl)cc3[N+](=O)[O-])CC2)cc1. The Morgan fingerprint density at radius 1 is 1.00 bits per heavy atom. The van der Waals surface area contributed by atoms with Gasteiger partial charge in [0.05, 0.1) is 4.92 Å². The molecule has 1 saturated heterocycles. The van der Waals surface area contributed by atoms with Crippen molar-refractivity contribution >= 4 is 34.8 Å². The Hall–Kier alpha value is -3.13. The molecule has 0 aromatic heterocycles. The number of rotatable bonds is 4. The zero-order valence-corrected chi connectivity index (χ0v) is 15.1. The molecule has 8 nitrogen and oxygen atoms in total. The van der Waals surface area contributed by atoms with Gasteiger partial charge >= 0.3 is 0 Å². The number of nitro groups is 1. The van der Waals surface area contributed by atoms with Crippen LogP contribution in [0, 0.1) is 10.1 Å². The van der Waals surface area contributed by atoms with E-state index in [1.807, 2.05) is 4.90 Å². The van der Waals surface area contributed by atoms with Crippen LogP contribution in [-0.2, 0) is 0 Å². The van der Waals surface area contributed by atoms with Crippen molar-refractivity contribution in [2.45, 2.75) is 0 Å². The minimum Gasteiger partial charge on any atom is -0.366 e. The van der Waals surface area contributed by atoms with Crippen LogP contribution < -0.4 is 10.6 Å². The van der Waals surface area contributed by atoms with Crippen LogP contribution in [0.4, 0.5) is 11.4 Å². The monoisotopic (exact) mass is 388 g/mol. The normalized spacial score (nSPS) is 14.1. The van der Waals surface area contributed by atoms with Gasteiger partial charge in [0, 0.05) is 48.4 Å². The second-order valence-corrected chi connectivity index (χ2v) is 6.55. The second kappa shape index (κ2) is 7.63. The fourth-order valence-corrected chi connectivity index (χ4v) is 3.19. The number of nitro benzene ring substituents is 1. The molecule has 0 aliphatic carbocycles. The maximum Gasteiger partial charge on any atom is 0.294 e. The first-order chi connectivity index (χ1) is 12.9. The molecular weight excluding hydrogens is 372 g/mol. The van der Waals surface area contributed by atoms with Gasteiger partial charge in [-0.2, -0.15) is 0 Å². The van der Waals surface area contributed by atoms with Crippen LogP contribution in [0.2, 0.25) is 5.02 Å². The molecule has 2 aromatic rings.